The summed E-state index contributed by atoms with van der Waals surface area (Å²) in [6.45, 7) is 0.0134. The van der Waals surface area contributed by atoms with Crippen molar-refractivity contribution in [1.82, 2.24) is 10.3 Å². The maximum atomic E-state index is 11.8. The Morgan fingerprint density at radius 2 is 1.92 bits per heavy atom. The Morgan fingerprint density at radius 3 is 2.64 bits per heavy atom. The van der Waals surface area contributed by atoms with Crippen LogP contribution in [0.2, 0.25) is 0 Å². The van der Waals surface area contributed by atoms with Crippen molar-refractivity contribution >= 4 is 22.6 Å². The summed E-state index contributed by atoms with van der Waals surface area (Å²) in [5.74, 6) is 3.40. The maximum Gasteiger partial charge on any atom is 0.384 e. The summed E-state index contributed by atoms with van der Waals surface area (Å²) in [6, 6.07) is 11.6. The molecule has 8 heteroatoms. The van der Waals surface area contributed by atoms with Crippen LogP contribution in [0.15, 0.2) is 53.6 Å². The zero-order valence-corrected chi connectivity index (χ0v) is 13.9. The van der Waals surface area contributed by atoms with E-state index in [1.807, 2.05) is 30.3 Å². The van der Waals surface area contributed by atoms with Crippen molar-refractivity contribution < 1.29 is 22.7 Å². The van der Waals surface area contributed by atoms with Crippen molar-refractivity contribution in [2.24, 2.45) is 0 Å². The molecule has 0 bridgehead atoms. The van der Waals surface area contributed by atoms with E-state index in [1.165, 1.54) is 12.3 Å². The first-order valence-electron chi connectivity index (χ1n) is 7.14. The second kappa shape index (κ2) is 9.20. The molecule has 1 aromatic heterocycles. The van der Waals surface area contributed by atoms with Gasteiger partial charge in [0.05, 0.1) is 11.4 Å². The van der Waals surface area contributed by atoms with E-state index in [2.05, 4.69) is 22.1 Å². The molecule has 2 aromatic rings. The number of benzene rings is 1. The van der Waals surface area contributed by atoms with Crippen LogP contribution in [0.5, 0.6) is 0 Å². The molecule has 1 amide bonds. The fourth-order valence-electron chi connectivity index (χ4n) is 1.75. The molecular weight excluding hydrogens is 344 g/mol. The van der Waals surface area contributed by atoms with Gasteiger partial charge in [-0.15, -0.1) is 0 Å². The highest BCUT2D eigenvalue weighted by Gasteiger charge is 2.07. The summed E-state index contributed by atoms with van der Waals surface area (Å²) in [5, 5.41) is 2.41. The van der Waals surface area contributed by atoms with E-state index in [0.717, 1.165) is 11.6 Å². The molecule has 0 saturated heterocycles. The van der Waals surface area contributed by atoms with Crippen LogP contribution in [0, 0.1) is 11.8 Å². The zero-order valence-electron chi connectivity index (χ0n) is 13.0. The van der Waals surface area contributed by atoms with Gasteiger partial charge in [-0.2, -0.15) is 0 Å². The average Bonchev–Trinajstić information content (AvgIpc) is 2.64. The third kappa shape index (κ3) is 6.08. The molecule has 1 N–H and O–H groups in total. The molecule has 0 fully saturated rings. The van der Waals surface area contributed by atoms with Crippen LogP contribution >= 0.6 is 0 Å². The second-order valence-electron chi connectivity index (χ2n) is 4.70. The van der Waals surface area contributed by atoms with Crippen LogP contribution in [0.1, 0.15) is 16.1 Å². The molecule has 0 radical (unpaired) electrons. The topological polar surface area (TPSA) is 102 Å². The Hall–Kier alpha value is -3.18. The Labute approximate surface area is 146 Å². The van der Waals surface area contributed by atoms with Gasteiger partial charge in [-0.3, -0.25) is 9.78 Å². The van der Waals surface area contributed by atoms with E-state index < -0.39 is 22.6 Å². The minimum absolute atomic E-state index is 0.00859. The van der Waals surface area contributed by atoms with Gasteiger partial charge in [0, 0.05) is 12.1 Å². The number of aromatic nitrogens is 1. The molecule has 0 atom stereocenters. The highest BCUT2D eigenvalue weighted by molar-refractivity contribution is 7.72. The first-order chi connectivity index (χ1) is 12.1. The van der Waals surface area contributed by atoms with Gasteiger partial charge < -0.3 is 10.1 Å². The lowest BCUT2D eigenvalue weighted by atomic mass is 10.2. The van der Waals surface area contributed by atoms with E-state index in [4.69, 9.17) is 4.74 Å². The number of amides is 1. The highest BCUT2D eigenvalue weighted by Crippen LogP contribution is 2.03. The zero-order chi connectivity index (χ0) is 18.1. The van der Waals surface area contributed by atoms with E-state index in [0.29, 0.717) is 0 Å². The predicted molar refractivity (Wildman–Crippen MR) is 89.2 cm³/mol. The van der Waals surface area contributed by atoms with Crippen LogP contribution in [0.3, 0.4) is 0 Å². The fraction of sp³-hybridized carbons (Fsp3) is 0.118. The van der Waals surface area contributed by atoms with Gasteiger partial charge in [-0.05, 0) is 17.7 Å². The van der Waals surface area contributed by atoms with Crippen molar-refractivity contribution in [3.8, 4) is 11.8 Å². The van der Waals surface area contributed by atoms with E-state index in [1.54, 1.807) is 0 Å². The molecule has 0 saturated carbocycles. The minimum atomic E-state index is -2.79. The number of carbonyl (C=O) groups is 2. The Morgan fingerprint density at radius 1 is 1.16 bits per heavy atom. The predicted octanol–water partition coefficient (Wildman–Crippen LogP) is 0.528. The SMILES string of the molecule is O=C(C#CCNC(=O)c1cc([SH](=O)=O)ccn1)OCc1ccccc1. The smallest absolute Gasteiger partial charge is 0.384 e. The standard InChI is InChI=1S/C17H14N2O5S/c20-16(24-12-13-5-2-1-3-6-13)7-4-9-19-17(21)15-11-14(25(22)23)8-10-18-15/h1-3,5-6,8,10-11,25H,9,12H2,(H,19,21). The van der Waals surface area contributed by atoms with Crippen molar-refractivity contribution in [1.29, 1.82) is 0 Å². The molecule has 0 aliphatic heterocycles. The average molecular weight is 358 g/mol. The number of ether oxygens (including phenoxy) is 1. The number of rotatable bonds is 5. The van der Waals surface area contributed by atoms with Gasteiger partial charge in [-0.1, -0.05) is 36.3 Å². The molecule has 0 aliphatic carbocycles. The Bertz CT molecular complexity index is 890. The Balaban J connectivity index is 1.80. The summed E-state index contributed by atoms with van der Waals surface area (Å²) in [6.07, 6.45) is 1.22. The third-order valence-electron chi connectivity index (χ3n) is 2.93. The molecule has 0 unspecified atom stereocenters. The summed E-state index contributed by atoms with van der Waals surface area (Å²) in [5.41, 5.74) is 0.791. The number of carbonyl (C=O) groups excluding carboxylic acids is 2. The van der Waals surface area contributed by atoms with Gasteiger partial charge in [0.1, 0.15) is 12.3 Å². The van der Waals surface area contributed by atoms with Gasteiger partial charge in [-0.25, -0.2) is 13.2 Å². The van der Waals surface area contributed by atoms with Crippen molar-refractivity contribution in [2.45, 2.75) is 11.5 Å². The lowest BCUT2D eigenvalue weighted by Gasteiger charge is -2.01. The Kier molecular flexibility index (Phi) is 6.68. The number of esters is 1. The molecule has 1 aromatic carbocycles. The summed E-state index contributed by atoms with van der Waals surface area (Å²) >= 11 is 0. The van der Waals surface area contributed by atoms with E-state index >= 15 is 0 Å². The van der Waals surface area contributed by atoms with Crippen molar-refractivity contribution in [3.63, 3.8) is 0 Å². The molecule has 25 heavy (non-hydrogen) atoms. The van der Waals surface area contributed by atoms with Gasteiger partial charge in [0.2, 0.25) is 0 Å². The van der Waals surface area contributed by atoms with E-state index in [9.17, 15) is 18.0 Å². The molecule has 128 valence electrons. The number of thiol groups is 1. The molecule has 0 spiro atoms. The molecule has 7 nitrogen and oxygen atoms in total. The van der Waals surface area contributed by atoms with Crippen LogP contribution in [0.4, 0.5) is 0 Å². The van der Waals surface area contributed by atoms with Crippen LogP contribution in [-0.2, 0) is 26.8 Å². The lowest BCUT2D eigenvalue weighted by molar-refractivity contribution is -0.137. The van der Waals surface area contributed by atoms with Crippen LogP contribution in [0.25, 0.3) is 0 Å². The quantitative estimate of drug-likeness (QED) is 0.350. The fourth-order valence-corrected chi connectivity index (χ4v) is 2.16. The number of nitrogens with zero attached hydrogens (tertiary/aromatic N) is 1. The summed E-state index contributed by atoms with van der Waals surface area (Å²) < 4.78 is 26.7. The maximum absolute atomic E-state index is 11.8. The molecular formula is C17H14N2O5S. The van der Waals surface area contributed by atoms with Crippen molar-refractivity contribution in [3.05, 3.63) is 59.9 Å². The monoisotopic (exact) mass is 358 g/mol. The van der Waals surface area contributed by atoms with Crippen LogP contribution in [-0.4, -0.2) is 31.8 Å². The largest absolute Gasteiger partial charge is 0.451 e. The van der Waals surface area contributed by atoms with Gasteiger partial charge >= 0.3 is 5.97 Å². The lowest BCUT2D eigenvalue weighted by Crippen LogP contribution is -2.24. The van der Waals surface area contributed by atoms with E-state index in [-0.39, 0.29) is 23.7 Å². The first-order valence-corrected chi connectivity index (χ1v) is 8.32. The van der Waals surface area contributed by atoms with Gasteiger partial charge in [0.15, 0.2) is 10.7 Å². The number of pyridine rings is 1. The third-order valence-corrected chi connectivity index (χ3v) is 3.63. The summed E-state index contributed by atoms with van der Waals surface area (Å²) in [4.78, 5) is 27.1. The van der Waals surface area contributed by atoms with Gasteiger partial charge in [0.25, 0.3) is 5.91 Å². The molecule has 2 rings (SSSR count). The number of nitrogens with one attached hydrogen (secondary N) is 1. The number of hydrogen-bond donors (Lipinski definition) is 2. The normalized spacial score (nSPS) is 9.80. The minimum Gasteiger partial charge on any atom is -0.451 e. The first kappa shape index (κ1) is 18.2. The molecule has 1 heterocycles. The van der Waals surface area contributed by atoms with Crippen LogP contribution < -0.4 is 5.32 Å². The molecule has 0 aliphatic rings. The second-order valence-corrected chi connectivity index (χ2v) is 5.73. The number of hydrogen-bond acceptors (Lipinski definition) is 6. The van der Waals surface area contributed by atoms with Crippen molar-refractivity contribution in [2.75, 3.05) is 6.54 Å². The highest BCUT2D eigenvalue weighted by atomic mass is 32.2. The summed E-state index contributed by atoms with van der Waals surface area (Å²) in [7, 11) is -2.79.